The first-order valence-corrected chi connectivity index (χ1v) is 17.1. The van der Waals surface area contributed by atoms with E-state index in [9.17, 15) is 32.3 Å². The Morgan fingerprint density at radius 1 is 0.755 bits per heavy atom. The molecule has 1 aliphatic rings. The lowest BCUT2D eigenvalue weighted by Gasteiger charge is -2.35. The van der Waals surface area contributed by atoms with E-state index >= 15 is 0 Å². The van der Waals surface area contributed by atoms with Crippen molar-refractivity contribution in [1.29, 1.82) is 0 Å². The van der Waals surface area contributed by atoms with E-state index in [1.165, 1.54) is 17.0 Å². The van der Waals surface area contributed by atoms with Crippen LogP contribution in [-0.2, 0) is 16.0 Å². The molecule has 0 atom stereocenters. The molecule has 2 heterocycles. The predicted octanol–water partition coefficient (Wildman–Crippen LogP) is 3.92. The van der Waals surface area contributed by atoms with E-state index in [0.717, 1.165) is 12.1 Å². The van der Waals surface area contributed by atoms with Gasteiger partial charge in [0.15, 0.2) is 0 Å². The summed E-state index contributed by atoms with van der Waals surface area (Å²) >= 11 is 0. The first-order valence-electron chi connectivity index (χ1n) is 17.1. The van der Waals surface area contributed by atoms with Crippen molar-refractivity contribution in [2.45, 2.75) is 6.42 Å². The molecule has 6 rings (SSSR count). The van der Waals surface area contributed by atoms with E-state index in [0.29, 0.717) is 39.7 Å². The van der Waals surface area contributed by atoms with Gasteiger partial charge in [0.2, 0.25) is 5.91 Å². The van der Waals surface area contributed by atoms with Crippen LogP contribution in [0.3, 0.4) is 0 Å². The molecule has 1 fully saturated rings. The molecule has 14 heteroatoms. The molecule has 1 aliphatic heterocycles. The molecule has 3 N–H and O–H groups in total. The Bertz CT molecular complexity index is 2150. The summed E-state index contributed by atoms with van der Waals surface area (Å²) in [6.45, 7) is 1.75. The third-order valence-electron chi connectivity index (χ3n) is 8.93. The first kappa shape index (κ1) is 36.9. The normalized spacial score (nSPS) is 13.0. The number of hydrogen-bond donors (Lipinski definition) is 3. The van der Waals surface area contributed by atoms with Gasteiger partial charge < -0.3 is 25.2 Å². The second-order valence-electron chi connectivity index (χ2n) is 12.4. The number of aromatic nitrogens is 2. The quantitative estimate of drug-likeness (QED) is 0.157. The summed E-state index contributed by atoms with van der Waals surface area (Å²) < 4.78 is 49.5. The number of carbonyl (C=O) groups excluding carboxylic acids is 3. The fraction of sp³-hybridized carbons (Fsp3) is 0.256. The zero-order chi connectivity index (χ0) is 37.3. The summed E-state index contributed by atoms with van der Waals surface area (Å²) in [6.07, 6.45) is 0.280. The molecule has 0 bridgehead atoms. The molecule has 0 saturated carbocycles. The summed E-state index contributed by atoms with van der Waals surface area (Å²) in [4.78, 5) is 53.8. The van der Waals surface area contributed by atoms with Crippen LogP contribution in [0.1, 0.15) is 32.0 Å². The third kappa shape index (κ3) is 8.96. The summed E-state index contributed by atoms with van der Waals surface area (Å²) in [6, 6.07) is 22.3. The molecule has 53 heavy (non-hydrogen) atoms. The lowest BCUT2D eigenvalue weighted by molar-refractivity contribution is -0.131. The lowest BCUT2D eigenvalue weighted by atomic mass is 10.0. The molecule has 1 saturated heterocycles. The predicted molar refractivity (Wildman–Crippen MR) is 192 cm³/mol. The smallest absolute Gasteiger partial charge is 0.272 e. The SMILES string of the molecule is O=C(NCCOCCNCC(=O)N1CCN(C(=O)c2cc(Cc3n[nH]c(=O)c4ccccc34)ccc2F)CC1)c1c(F)cc(-c2ccccc2)cc1F. The van der Waals surface area contributed by atoms with Gasteiger partial charge in [-0.1, -0.05) is 54.6 Å². The highest BCUT2D eigenvalue weighted by Gasteiger charge is 2.26. The Balaban J connectivity index is 0.889. The number of aromatic amines is 1. The number of halogens is 3. The maximum Gasteiger partial charge on any atom is 0.272 e. The summed E-state index contributed by atoms with van der Waals surface area (Å²) in [7, 11) is 0. The minimum Gasteiger partial charge on any atom is -0.378 e. The van der Waals surface area contributed by atoms with Crippen molar-refractivity contribution in [1.82, 2.24) is 30.6 Å². The van der Waals surface area contributed by atoms with Crippen LogP contribution in [0.25, 0.3) is 21.9 Å². The van der Waals surface area contributed by atoms with E-state index in [1.54, 1.807) is 65.6 Å². The van der Waals surface area contributed by atoms with Crippen molar-refractivity contribution in [3.63, 3.8) is 0 Å². The van der Waals surface area contributed by atoms with Crippen LogP contribution in [0.2, 0.25) is 0 Å². The monoisotopic (exact) mass is 726 g/mol. The largest absolute Gasteiger partial charge is 0.378 e. The average molecular weight is 727 g/mol. The van der Waals surface area contributed by atoms with Crippen molar-refractivity contribution in [3.8, 4) is 11.1 Å². The number of H-pyrrole nitrogens is 1. The molecule has 1 aromatic heterocycles. The number of nitrogens with one attached hydrogen (secondary N) is 3. The highest BCUT2D eigenvalue weighted by molar-refractivity contribution is 5.96. The lowest BCUT2D eigenvalue weighted by Crippen LogP contribution is -2.52. The van der Waals surface area contributed by atoms with Crippen LogP contribution in [0.15, 0.2) is 89.7 Å². The van der Waals surface area contributed by atoms with Crippen molar-refractivity contribution >= 4 is 28.5 Å². The first-order chi connectivity index (χ1) is 25.7. The molecule has 5 aromatic rings. The molecule has 274 valence electrons. The molecule has 11 nitrogen and oxygen atoms in total. The maximum absolute atomic E-state index is 14.9. The van der Waals surface area contributed by atoms with Gasteiger partial charge in [-0.25, -0.2) is 18.3 Å². The molecule has 0 aliphatic carbocycles. The van der Waals surface area contributed by atoms with E-state index in [4.69, 9.17) is 4.74 Å². The number of nitrogens with zero attached hydrogens (tertiary/aromatic N) is 3. The van der Waals surface area contributed by atoms with Gasteiger partial charge in [0.05, 0.1) is 36.4 Å². The van der Waals surface area contributed by atoms with Gasteiger partial charge in [0.1, 0.15) is 23.0 Å². The Morgan fingerprint density at radius 2 is 1.42 bits per heavy atom. The number of rotatable bonds is 13. The third-order valence-corrected chi connectivity index (χ3v) is 8.93. The highest BCUT2D eigenvalue weighted by atomic mass is 19.1. The molecular formula is C39H37F3N6O5. The van der Waals surface area contributed by atoms with Gasteiger partial charge in [-0.15, -0.1) is 0 Å². The zero-order valence-corrected chi connectivity index (χ0v) is 28.7. The number of ether oxygens (including phenoxy) is 1. The van der Waals surface area contributed by atoms with Crippen molar-refractivity contribution < 1.29 is 32.3 Å². The average Bonchev–Trinajstić information content (AvgIpc) is 3.17. The van der Waals surface area contributed by atoms with Crippen LogP contribution in [0.5, 0.6) is 0 Å². The van der Waals surface area contributed by atoms with Gasteiger partial charge in [-0.3, -0.25) is 19.2 Å². The number of amides is 3. The second-order valence-corrected chi connectivity index (χ2v) is 12.4. The van der Waals surface area contributed by atoms with Crippen LogP contribution in [0, 0.1) is 17.5 Å². The van der Waals surface area contributed by atoms with Crippen LogP contribution >= 0.6 is 0 Å². The van der Waals surface area contributed by atoms with E-state index in [1.807, 2.05) is 0 Å². The number of hydrogen-bond acceptors (Lipinski definition) is 7. The molecular weight excluding hydrogens is 689 g/mol. The van der Waals surface area contributed by atoms with Crippen LogP contribution in [0.4, 0.5) is 13.2 Å². The number of carbonyl (C=O) groups is 3. The Labute approximate surface area is 302 Å². The van der Waals surface area contributed by atoms with Gasteiger partial charge >= 0.3 is 0 Å². The second kappa shape index (κ2) is 17.1. The minimum absolute atomic E-state index is 0.0255. The number of piperazine rings is 1. The summed E-state index contributed by atoms with van der Waals surface area (Å²) in [5, 5.41) is 13.3. The maximum atomic E-state index is 14.9. The molecule has 0 spiro atoms. The molecule has 4 aromatic carbocycles. The topological polar surface area (TPSA) is 137 Å². The highest BCUT2D eigenvalue weighted by Crippen LogP contribution is 2.25. The number of benzene rings is 4. The van der Waals surface area contributed by atoms with Gasteiger partial charge in [0, 0.05) is 51.1 Å². The number of fused-ring (bicyclic) bond motifs is 1. The van der Waals surface area contributed by atoms with Crippen LogP contribution < -0.4 is 16.2 Å². The van der Waals surface area contributed by atoms with Crippen molar-refractivity contribution in [2.24, 2.45) is 0 Å². The molecule has 0 unspecified atom stereocenters. The van der Waals surface area contributed by atoms with Crippen molar-refractivity contribution in [3.05, 3.63) is 135 Å². The Morgan fingerprint density at radius 3 is 2.15 bits per heavy atom. The van der Waals surface area contributed by atoms with E-state index < -0.39 is 34.8 Å². The summed E-state index contributed by atoms with van der Waals surface area (Å²) in [5.74, 6) is -4.10. The minimum atomic E-state index is -0.963. The molecule has 0 radical (unpaired) electrons. The van der Waals surface area contributed by atoms with Gasteiger partial charge in [-0.2, -0.15) is 5.10 Å². The zero-order valence-electron chi connectivity index (χ0n) is 28.7. The van der Waals surface area contributed by atoms with E-state index in [-0.39, 0.29) is 75.9 Å². The van der Waals surface area contributed by atoms with E-state index in [2.05, 4.69) is 20.8 Å². The fourth-order valence-corrected chi connectivity index (χ4v) is 6.14. The Kier molecular flexibility index (Phi) is 11.9. The van der Waals surface area contributed by atoms with Gasteiger partial charge in [0.25, 0.3) is 17.4 Å². The summed E-state index contributed by atoms with van der Waals surface area (Å²) in [5.41, 5.74) is 1.16. The standard InChI is InChI=1S/C39H37F3N6O5/c40-31-11-10-25(21-34-28-8-4-5-9-29(28)37(50)46-45-34)20-30(31)39(52)48-16-14-47(15-17-48)35(49)24-43-12-18-53-19-13-44-38(51)36-32(41)22-27(23-33(36)42)26-6-2-1-3-7-26/h1-11,20,22-23,43H,12-19,21,24H2,(H,44,51)(H,46,50). The Hall–Kier alpha value is -5.86. The van der Waals surface area contributed by atoms with Gasteiger partial charge in [-0.05, 0) is 47.0 Å². The van der Waals surface area contributed by atoms with Crippen molar-refractivity contribution in [2.75, 3.05) is 59.0 Å². The molecule has 3 amide bonds. The fourth-order valence-electron chi connectivity index (χ4n) is 6.14. The van der Waals surface area contributed by atoms with Crippen LogP contribution in [-0.4, -0.2) is 96.7 Å².